The number of benzene rings is 1. The molecule has 1 radical (unpaired) electrons. The third-order valence-corrected chi connectivity index (χ3v) is 4.96. The smallest absolute Gasteiger partial charge is 0.411 e. The summed E-state index contributed by atoms with van der Waals surface area (Å²) in [7, 11) is 0. The molecule has 0 saturated carbocycles. The standard InChI is InChI=1S/C23H37ClNO2/c1-2-3-4-5-6-7-8-9-10-11-12-13-14-15-19-27-23(26)25-22-18-16-17-21(24)20-22/h16,18,20H,2-15,19H2,1H3,(H,25,26). The molecule has 0 heterocycles. The molecule has 0 aliphatic carbocycles. The second kappa shape index (κ2) is 16.9. The van der Waals surface area contributed by atoms with Crippen LogP contribution < -0.4 is 5.32 Å². The van der Waals surface area contributed by atoms with Crippen molar-refractivity contribution >= 4 is 23.4 Å². The number of carbonyl (C=O) groups is 1. The Morgan fingerprint density at radius 1 is 0.926 bits per heavy atom. The van der Waals surface area contributed by atoms with Gasteiger partial charge in [-0.25, -0.2) is 4.79 Å². The van der Waals surface area contributed by atoms with E-state index in [1.54, 1.807) is 18.2 Å². The predicted molar refractivity (Wildman–Crippen MR) is 116 cm³/mol. The Morgan fingerprint density at radius 2 is 1.44 bits per heavy atom. The Hall–Kier alpha value is -1.22. The van der Waals surface area contributed by atoms with Crippen molar-refractivity contribution in [1.82, 2.24) is 0 Å². The number of anilines is 1. The molecule has 1 rings (SSSR count). The molecule has 1 N–H and O–H groups in total. The maximum Gasteiger partial charge on any atom is 0.411 e. The van der Waals surface area contributed by atoms with Crippen molar-refractivity contribution < 1.29 is 9.53 Å². The van der Waals surface area contributed by atoms with E-state index in [4.69, 9.17) is 16.3 Å². The van der Waals surface area contributed by atoms with Crippen LogP contribution in [-0.4, -0.2) is 12.7 Å². The molecule has 1 aromatic rings. The Balaban J connectivity index is 1.82. The van der Waals surface area contributed by atoms with Crippen LogP contribution >= 0.6 is 11.6 Å². The van der Waals surface area contributed by atoms with Gasteiger partial charge in [-0.3, -0.25) is 5.32 Å². The molecule has 0 aliphatic heterocycles. The van der Waals surface area contributed by atoms with Crippen LogP contribution in [0.15, 0.2) is 18.2 Å². The largest absolute Gasteiger partial charge is 0.449 e. The number of ether oxygens (including phenoxy) is 1. The van der Waals surface area contributed by atoms with Gasteiger partial charge in [0.25, 0.3) is 0 Å². The van der Waals surface area contributed by atoms with E-state index >= 15 is 0 Å². The Morgan fingerprint density at radius 3 is 1.96 bits per heavy atom. The number of unbranched alkanes of at least 4 members (excludes halogenated alkanes) is 13. The predicted octanol–water partition coefficient (Wildman–Crippen LogP) is 8.17. The van der Waals surface area contributed by atoms with Crippen LogP contribution in [0.3, 0.4) is 0 Å². The lowest BCUT2D eigenvalue weighted by molar-refractivity contribution is 0.159. The normalized spacial score (nSPS) is 10.7. The minimum absolute atomic E-state index is 0.424. The molecule has 153 valence electrons. The SMILES string of the molecule is CCCCCCCCCCCCCCCCOC(=O)Nc1cc[c]c(Cl)c1. The zero-order valence-electron chi connectivity index (χ0n) is 17.0. The van der Waals surface area contributed by atoms with Crippen molar-refractivity contribution in [3.63, 3.8) is 0 Å². The molecule has 0 fully saturated rings. The summed E-state index contributed by atoms with van der Waals surface area (Å²) in [4.78, 5) is 11.7. The Bertz CT molecular complexity index is 493. The van der Waals surface area contributed by atoms with Crippen LogP contribution in [0.4, 0.5) is 10.5 Å². The zero-order chi connectivity index (χ0) is 19.6. The van der Waals surface area contributed by atoms with Gasteiger partial charge >= 0.3 is 6.09 Å². The summed E-state index contributed by atoms with van der Waals surface area (Å²) in [5, 5.41) is 3.14. The van der Waals surface area contributed by atoms with E-state index in [1.165, 1.54) is 77.0 Å². The number of hydrogen-bond acceptors (Lipinski definition) is 2. The molecule has 0 unspecified atom stereocenters. The molecule has 1 amide bonds. The van der Waals surface area contributed by atoms with Crippen LogP contribution in [0, 0.1) is 6.07 Å². The fourth-order valence-electron chi connectivity index (χ4n) is 3.13. The molecule has 0 aromatic heterocycles. The maximum atomic E-state index is 11.7. The van der Waals surface area contributed by atoms with Gasteiger partial charge in [-0.1, -0.05) is 108 Å². The highest BCUT2D eigenvalue weighted by Gasteiger charge is 2.03. The molecule has 0 atom stereocenters. The van der Waals surface area contributed by atoms with Crippen LogP contribution in [0.1, 0.15) is 96.8 Å². The second-order valence-corrected chi connectivity index (χ2v) is 7.69. The molecule has 0 saturated heterocycles. The average molecular weight is 395 g/mol. The van der Waals surface area contributed by atoms with Gasteiger partial charge in [-0.2, -0.15) is 0 Å². The highest BCUT2D eigenvalue weighted by Crippen LogP contribution is 2.15. The first-order chi connectivity index (χ1) is 13.2. The van der Waals surface area contributed by atoms with Gasteiger partial charge in [0.1, 0.15) is 0 Å². The summed E-state index contributed by atoms with van der Waals surface area (Å²) in [5.41, 5.74) is 0.629. The summed E-state index contributed by atoms with van der Waals surface area (Å²) in [5.74, 6) is 0. The van der Waals surface area contributed by atoms with Gasteiger partial charge in [-0.15, -0.1) is 0 Å². The van der Waals surface area contributed by atoms with E-state index in [-0.39, 0.29) is 0 Å². The number of hydrogen-bond donors (Lipinski definition) is 1. The third kappa shape index (κ3) is 14.5. The third-order valence-electron chi connectivity index (χ3n) is 4.74. The number of nitrogens with one attached hydrogen (secondary N) is 1. The quantitative estimate of drug-likeness (QED) is 0.287. The second-order valence-electron chi connectivity index (χ2n) is 7.28. The molecular weight excluding hydrogens is 358 g/mol. The lowest BCUT2D eigenvalue weighted by atomic mass is 10.0. The van der Waals surface area contributed by atoms with Crippen LogP contribution in [0.5, 0.6) is 0 Å². The highest BCUT2D eigenvalue weighted by molar-refractivity contribution is 6.30. The maximum absolute atomic E-state index is 11.7. The highest BCUT2D eigenvalue weighted by atomic mass is 35.5. The van der Waals surface area contributed by atoms with Crippen molar-refractivity contribution in [1.29, 1.82) is 0 Å². The fraction of sp³-hybridized carbons (Fsp3) is 0.696. The molecule has 4 heteroatoms. The molecule has 1 aromatic carbocycles. The lowest BCUT2D eigenvalue weighted by Gasteiger charge is -2.07. The van der Waals surface area contributed by atoms with Gasteiger partial charge in [0, 0.05) is 11.8 Å². The van der Waals surface area contributed by atoms with Crippen molar-refractivity contribution in [2.75, 3.05) is 11.9 Å². The number of amides is 1. The first-order valence-corrected chi connectivity index (χ1v) is 11.2. The molecule has 0 aliphatic rings. The van der Waals surface area contributed by atoms with E-state index in [9.17, 15) is 4.79 Å². The Kier molecular flexibility index (Phi) is 14.9. The number of halogens is 1. The number of carbonyl (C=O) groups excluding carboxylic acids is 1. The molecular formula is C23H37ClNO2. The summed E-state index contributed by atoms with van der Waals surface area (Å²) >= 11 is 5.83. The summed E-state index contributed by atoms with van der Waals surface area (Å²) in [6, 6.07) is 7.87. The van der Waals surface area contributed by atoms with Gasteiger partial charge in [0.2, 0.25) is 0 Å². The minimum atomic E-state index is -0.424. The fourth-order valence-corrected chi connectivity index (χ4v) is 3.31. The van der Waals surface area contributed by atoms with Crippen LogP contribution in [0.2, 0.25) is 5.02 Å². The molecule has 0 spiro atoms. The van der Waals surface area contributed by atoms with E-state index < -0.39 is 6.09 Å². The van der Waals surface area contributed by atoms with Crippen molar-refractivity contribution in [3.8, 4) is 0 Å². The van der Waals surface area contributed by atoms with Crippen molar-refractivity contribution in [2.45, 2.75) is 96.8 Å². The van der Waals surface area contributed by atoms with Gasteiger partial charge < -0.3 is 4.74 Å². The van der Waals surface area contributed by atoms with E-state index in [0.717, 1.165) is 12.8 Å². The summed E-state index contributed by atoms with van der Waals surface area (Å²) in [6.45, 7) is 2.74. The topological polar surface area (TPSA) is 38.3 Å². The molecule has 0 bridgehead atoms. The first kappa shape index (κ1) is 23.8. The van der Waals surface area contributed by atoms with Crippen molar-refractivity contribution in [3.05, 3.63) is 29.3 Å². The van der Waals surface area contributed by atoms with Gasteiger partial charge in [0.05, 0.1) is 11.6 Å². The van der Waals surface area contributed by atoms with E-state index in [2.05, 4.69) is 18.3 Å². The summed E-state index contributed by atoms with van der Waals surface area (Å²) < 4.78 is 5.19. The molecule has 27 heavy (non-hydrogen) atoms. The average Bonchev–Trinajstić information content (AvgIpc) is 2.65. The minimum Gasteiger partial charge on any atom is -0.449 e. The summed E-state index contributed by atoms with van der Waals surface area (Å²) in [6.07, 6.45) is 18.0. The first-order valence-electron chi connectivity index (χ1n) is 10.8. The van der Waals surface area contributed by atoms with Crippen molar-refractivity contribution in [2.24, 2.45) is 0 Å². The number of rotatable bonds is 16. The van der Waals surface area contributed by atoms with Gasteiger partial charge in [-0.05, 0) is 18.6 Å². The van der Waals surface area contributed by atoms with Gasteiger partial charge in [0.15, 0.2) is 0 Å². The zero-order valence-corrected chi connectivity index (χ0v) is 17.8. The van der Waals surface area contributed by atoms with E-state index in [0.29, 0.717) is 17.3 Å². The molecule has 3 nitrogen and oxygen atoms in total. The monoisotopic (exact) mass is 394 g/mol. The van der Waals surface area contributed by atoms with Crippen LogP contribution in [-0.2, 0) is 4.74 Å². The Labute approximate surface area is 171 Å². The van der Waals surface area contributed by atoms with E-state index in [1.807, 2.05) is 0 Å². The lowest BCUT2D eigenvalue weighted by Crippen LogP contribution is -2.14. The van der Waals surface area contributed by atoms with Crippen LogP contribution in [0.25, 0.3) is 0 Å².